The second-order valence-corrected chi connectivity index (χ2v) is 5.71. The van der Waals surface area contributed by atoms with E-state index in [9.17, 15) is 4.79 Å². The van der Waals surface area contributed by atoms with Gasteiger partial charge in [-0.1, -0.05) is 61.9 Å². The SMILES string of the molecule is CCCCN1C[C@@H](c2ccccc2)N(c2ccccc2)C1=O. The molecular weight excluding hydrogens is 272 g/mol. The Balaban J connectivity index is 1.93. The number of urea groups is 1. The van der Waals surface area contributed by atoms with E-state index in [1.807, 2.05) is 58.3 Å². The Hall–Kier alpha value is -2.29. The normalized spacial score (nSPS) is 18.0. The molecule has 3 rings (SSSR count). The molecule has 0 radical (unpaired) electrons. The van der Waals surface area contributed by atoms with Gasteiger partial charge in [-0.3, -0.25) is 4.90 Å². The van der Waals surface area contributed by atoms with Crippen LogP contribution in [0.5, 0.6) is 0 Å². The van der Waals surface area contributed by atoms with Crippen LogP contribution < -0.4 is 4.90 Å². The van der Waals surface area contributed by atoms with E-state index in [1.165, 1.54) is 5.56 Å². The van der Waals surface area contributed by atoms with Crippen molar-refractivity contribution in [2.75, 3.05) is 18.0 Å². The van der Waals surface area contributed by atoms with Gasteiger partial charge < -0.3 is 4.90 Å². The van der Waals surface area contributed by atoms with Gasteiger partial charge in [-0.25, -0.2) is 4.79 Å². The summed E-state index contributed by atoms with van der Waals surface area (Å²) in [7, 11) is 0. The second-order valence-electron chi connectivity index (χ2n) is 5.71. The first-order chi connectivity index (χ1) is 10.8. The lowest BCUT2D eigenvalue weighted by Gasteiger charge is -2.23. The van der Waals surface area contributed by atoms with Crippen molar-refractivity contribution in [1.82, 2.24) is 4.90 Å². The fraction of sp³-hybridized carbons (Fsp3) is 0.316. The fourth-order valence-corrected chi connectivity index (χ4v) is 3.00. The van der Waals surface area contributed by atoms with Gasteiger partial charge in [0.1, 0.15) is 0 Å². The van der Waals surface area contributed by atoms with Gasteiger partial charge in [0.2, 0.25) is 0 Å². The van der Waals surface area contributed by atoms with Gasteiger partial charge in [-0.15, -0.1) is 0 Å². The van der Waals surface area contributed by atoms with Crippen molar-refractivity contribution >= 4 is 11.7 Å². The third-order valence-corrected chi connectivity index (χ3v) is 4.18. The average Bonchev–Trinajstić information content (AvgIpc) is 2.91. The molecule has 1 atom stereocenters. The van der Waals surface area contributed by atoms with Crippen LogP contribution in [-0.4, -0.2) is 24.0 Å². The van der Waals surface area contributed by atoms with Crippen LogP contribution in [0.15, 0.2) is 60.7 Å². The molecule has 1 aliphatic heterocycles. The molecule has 0 unspecified atom stereocenters. The number of nitrogens with zero attached hydrogens (tertiary/aromatic N) is 2. The Morgan fingerprint density at radius 3 is 2.27 bits per heavy atom. The minimum Gasteiger partial charge on any atom is -0.322 e. The monoisotopic (exact) mass is 294 g/mol. The molecule has 3 nitrogen and oxygen atoms in total. The maximum atomic E-state index is 12.8. The molecule has 1 saturated heterocycles. The minimum absolute atomic E-state index is 0.0907. The largest absolute Gasteiger partial charge is 0.325 e. The van der Waals surface area contributed by atoms with Gasteiger partial charge in [0.05, 0.1) is 6.04 Å². The molecule has 0 spiro atoms. The summed E-state index contributed by atoms with van der Waals surface area (Å²) in [6, 6.07) is 20.5. The Kier molecular flexibility index (Phi) is 4.42. The summed E-state index contributed by atoms with van der Waals surface area (Å²) >= 11 is 0. The molecule has 0 saturated carbocycles. The zero-order chi connectivity index (χ0) is 15.4. The van der Waals surface area contributed by atoms with Crippen LogP contribution in [0.3, 0.4) is 0 Å². The maximum Gasteiger partial charge on any atom is 0.325 e. The number of unbranched alkanes of at least 4 members (excludes halogenated alkanes) is 1. The maximum absolute atomic E-state index is 12.8. The van der Waals surface area contributed by atoms with Gasteiger partial charge >= 0.3 is 6.03 Å². The molecule has 1 aliphatic rings. The molecule has 2 amide bonds. The van der Waals surface area contributed by atoms with Crippen molar-refractivity contribution in [3.05, 3.63) is 66.2 Å². The first-order valence-electron chi connectivity index (χ1n) is 7.99. The molecule has 0 aliphatic carbocycles. The van der Waals surface area contributed by atoms with Gasteiger partial charge in [-0.2, -0.15) is 0 Å². The molecule has 0 bridgehead atoms. The highest BCUT2D eigenvalue weighted by molar-refractivity contribution is 5.95. The molecule has 3 heteroatoms. The Morgan fingerprint density at radius 2 is 1.64 bits per heavy atom. The van der Waals surface area contributed by atoms with Crippen molar-refractivity contribution < 1.29 is 4.79 Å². The van der Waals surface area contributed by atoms with Crippen LogP contribution in [0.25, 0.3) is 0 Å². The lowest BCUT2D eigenvalue weighted by molar-refractivity contribution is 0.220. The van der Waals surface area contributed by atoms with E-state index >= 15 is 0 Å². The van der Waals surface area contributed by atoms with Gasteiger partial charge in [0.25, 0.3) is 0 Å². The Morgan fingerprint density at radius 1 is 1.00 bits per heavy atom. The first-order valence-corrected chi connectivity index (χ1v) is 7.99. The molecule has 0 aromatic heterocycles. The summed E-state index contributed by atoms with van der Waals surface area (Å²) in [4.78, 5) is 16.8. The number of carbonyl (C=O) groups excluding carboxylic acids is 1. The van der Waals surface area contributed by atoms with Crippen molar-refractivity contribution in [2.24, 2.45) is 0 Å². The molecule has 1 fully saturated rings. The van der Waals surface area contributed by atoms with Gasteiger partial charge in [-0.05, 0) is 24.1 Å². The smallest absolute Gasteiger partial charge is 0.322 e. The van der Waals surface area contributed by atoms with Crippen LogP contribution in [0.4, 0.5) is 10.5 Å². The van der Waals surface area contributed by atoms with Crippen LogP contribution in [-0.2, 0) is 0 Å². The summed E-state index contributed by atoms with van der Waals surface area (Å²) < 4.78 is 0. The molecule has 22 heavy (non-hydrogen) atoms. The lowest BCUT2D eigenvalue weighted by atomic mass is 10.1. The average molecular weight is 294 g/mol. The zero-order valence-electron chi connectivity index (χ0n) is 13.0. The summed E-state index contributed by atoms with van der Waals surface area (Å²) in [5.41, 5.74) is 2.17. The van der Waals surface area contributed by atoms with Gasteiger partial charge in [0.15, 0.2) is 0 Å². The van der Waals surface area contributed by atoms with E-state index in [0.29, 0.717) is 0 Å². The number of amides is 2. The number of benzene rings is 2. The molecule has 114 valence electrons. The number of carbonyl (C=O) groups is 1. The quantitative estimate of drug-likeness (QED) is 0.798. The van der Waals surface area contributed by atoms with Crippen molar-refractivity contribution in [3.63, 3.8) is 0 Å². The van der Waals surface area contributed by atoms with Crippen molar-refractivity contribution in [1.29, 1.82) is 0 Å². The predicted octanol–water partition coefficient (Wildman–Crippen LogP) is 4.47. The topological polar surface area (TPSA) is 23.6 Å². The molecular formula is C19H22N2O. The minimum atomic E-state index is 0.0907. The zero-order valence-corrected chi connectivity index (χ0v) is 13.0. The molecule has 2 aromatic rings. The van der Waals surface area contributed by atoms with E-state index in [-0.39, 0.29) is 12.1 Å². The second kappa shape index (κ2) is 6.65. The van der Waals surface area contributed by atoms with Crippen molar-refractivity contribution in [3.8, 4) is 0 Å². The summed E-state index contributed by atoms with van der Waals surface area (Å²) in [5.74, 6) is 0. The van der Waals surface area contributed by atoms with Crippen LogP contribution in [0, 0.1) is 0 Å². The van der Waals surface area contributed by atoms with E-state index in [2.05, 4.69) is 19.1 Å². The molecule has 1 heterocycles. The Bertz CT molecular complexity index is 612. The number of anilines is 1. The van der Waals surface area contributed by atoms with E-state index in [0.717, 1.165) is 31.6 Å². The highest BCUT2D eigenvalue weighted by Crippen LogP contribution is 2.34. The van der Waals surface area contributed by atoms with E-state index in [4.69, 9.17) is 0 Å². The number of hydrogen-bond acceptors (Lipinski definition) is 1. The third kappa shape index (κ3) is 2.84. The van der Waals surface area contributed by atoms with Crippen molar-refractivity contribution in [2.45, 2.75) is 25.8 Å². The molecule has 0 N–H and O–H groups in total. The lowest BCUT2D eigenvalue weighted by Crippen LogP contribution is -2.32. The van der Waals surface area contributed by atoms with E-state index in [1.54, 1.807) is 0 Å². The summed E-state index contributed by atoms with van der Waals surface area (Å²) in [5, 5.41) is 0. The highest BCUT2D eigenvalue weighted by Gasteiger charge is 2.38. The number of rotatable bonds is 5. The van der Waals surface area contributed by atoms with Crippen LogP contribution >= 0.6 is 0 Å². The number of hydrogen-bond donors (Lipinski definition) is 0. The first kappa shape index (κ1) is 14.6. The summed E-state index contributed by atoms with van der Waals surface area (Å²) in [6.07, 6.45) is 2.15. The highest BCUT2D eigenvalue weighted by atomic mass is 16.2. The Labute approximate surface area is 132 Å². The third-order valence-electron chi connectivity index (χ3n) is 4.18. The van der Waals surface area contributed by atoms with E-state index < -0.39 is 0 Å². The van der Waals surface area contributed by atoms with Crippen LogP contribution in [0.2, 0.25) is 0 Å². The molecule has 2 aromatic carbocycles. The summed E-state index contributed by atoms with van der Waals surface area (Å²) in [6.45, 7) is 3.75. The predicted molar refractivity (Wildman–Crippen MR) is 90.0 cm³/mol. The van der Waals surface area contributed by atoms with Gasteiger partial charge in [0, 0.05) is 18.8 Å². The fourth-order valence-electron chi connectivity index (χ4n) is 3.00. The number of para-hydroxylation sites is 1. The van der Waals surface area contributed by atoms with Crippen LogP contribution in [0.1, 0.15) is 31.4 Å². The standard InChI is InChI=1S/C19H22N2O/c1-2-3-14-20-15-18(16-10-6-4-7-11-16)21(19(20)22)17-12-8-5-9-13-17/h4-13,18H,2-3,14-15H2,1H3/t18-/m0/s1.